The Balaban J connectivity index is 1.96. The molecule has 110 valence electrons. The zero-order chi connectivity index (χ0) is 14.5. The highest BCUT2D eigenvalue weighted by atomic mass is 19.1. The third kappa shape index (κ3) is 4.04. The van der Waals surface area contributed by atoms with Gasteiger partial charge >= 0.3 is 5.97 Å². The predicted octanol–water partition coefficient (Wildman–Crippen LogP) is 3.46. The van der Waals surface area contributed by atoms with E-state index >= 15 is 0 Å². The fourth-order valence-corrected chi connectivity index (χ4v) is 2.99. The van der Waals surface area contributed by atoms with Crippen molar-refractivity contribution in [3.05, 3.63) is 35.6 Å². The second-order valence-electron chi connectivity index (χ2n) is 5.67. The molecule has 4 heteroatoms. The molecule has 0 bridgehead atoms. The average molecular weight is 279 g/mol. The molecule has 20 heavy (non-hydrogen) atoms. The Kier molecular flexibility index (Phi) is 5.12. The van der Waals surface area contributed by atoms with Crippen molar-refractivity contribution >= 4 is 5.97 Å². The first kappa shape index (κ1) is 15.0. The van der Waals surface area contributed by atoms with E-state index in [2.05, 4.69) is 11.8 Å². The van der Waals surface area contributed by atoms with Crippen molar-refractivity contribution in [1.29, 1.82) is 0 Å². The number of carboxylic acids is 1. The highest BCUT2D eigenvalue weighted by Gasteiger charge is 2.24. The van der Waals surface area contributed by atoms with E-state index in [1.807, 2.05) is 6.07 Å². The minimum absolute atomic E-state index is 0.179. The second kappa shape index (κ2) is 6.84. The lowest BCUT2D eigenvalue weighted by Gasteiger charge is -2.37. The number of benzene rings is 1. The largest absolute Gasteiger partial charge is 0.481 e. The number of piperidine rings is 1. The van der Waals surface area contributed by atoms with Crippen molar-refractivity contribution in [1.82, 2.24) is 4.90 Å². The van der Waals surface area contributed by atoms with Crippen molar-refractivity contribution in [2.45, 2.75) is 38.6 Å². The van der Waals surface area contributed by atoms with Crippen LogP contribution in [0.25, 0.3) is 0 Å². The topological polar surface area (TPSA) is 40.5 Å². The third-order valence-electron chi connectivity index (χ3n) is 4.20. The van der Waals surface area contributed by atoms with Crippen LogP contribution in [0.15, 0.2) is 24.3 Å². The van der Waals surface area contributed by atoms with E-state index in [-0.39, 0.29) is 18.3 Å². The lowest BCUT2D eigenvalue weighted by molar-refractivity contribution is -0.137. The number of nitrogens with zero attached hydrogens (tertiary/aromatic N) is 1. The quantitative estimate of drug-likeness (QED) is 0.897. The van der Waals surface area contributed by atoms with E-state index in [9.17, 15) is 9.18 Å². The van der Waals surface area contributed by atoms with E-state index in [1.165, 1.54) is 6.07 Å². The Morgan fingerprint density at radius 3 is 3.05 bits per heavy atom. The first-order valence-electron chi connectivity index (χ1n) is 7.27. The molecule has 0 aromatic heterocycles. The number of rotatable bonds is 5. The Morgan fingerprint density at radius 1 is 1.55 bits per heavy atom. The lowest BCUT2D eigenvalue weighted by atomic mass is 9.91. The number of hydrogen-bond acceptors (Lipinski definition) is 2. The number of aliphatic carboxylic acids is 1. The highest BCUT2D eigenvalue weighted by molar-refractivity contribution is 5.66. The molecule has 1 heterocycles. The first-order valence-corrected chi connectivity index (χ1v) is 7.27. The molecule has 2 atom stereocenters. The third-order valence-corrected chi connectivity index (χ3v) is 4.20. The molecule has 1 aromatic rings. The molecule has 0 amide bonds. The molecule has 1 saturated heterocycles. The summed E-state index contributed by atoms with van der Waals surface area (Å²) in [5.74, 6) is -0.482. The molecule has 2 rings (SSSR count). The van der Waals surface area contributed by atoms with Gasteiger partial charge in [-0.3, -0.25) is 9.69 Å². The summed E-state index contributed by atoms with van der Waals surface area (Å²) >= 11 is 0. The van der Waals surface area contributed by atoms with Crippen molar-refractivity contribution in [2.24, 2.45) is 5.92 Å². The average Bonchev–Trinajstić information content (AvgIpc) is 2.44. The minimum Gasteiger partial charge on any atom is -0.481 e. The standard InChI is InChI=1S/C16H22FNO2/c1-12(14-5-2-6-15(17)10-14)18-9-3-4-13(11-18)7-8-16(19)20/h2,5-6,10,12-13H,3-4,7-9,11H2,1H3,(H,19,20). The van der Waals surface area contributed by atoms with Gasteiger partial charge in [0.2, 0.25) is 0 Å². The van der Waals surface area contributed by atoms with E-state index in [0.29, 0.717) is 5.92 Å². The van der Waals surface area contributed by atoms with E-state index in [0.717, 1.165) is 37.9 Å². The monoisotopic (exact) mass is 279 g/mol. The molecular formula is C16H22FNO2. The molecule has 0 saturated carbocycles. The summed E-state index contributed by atoms with van der Waals surface area (Å²) in [5, 5.41) is 8.77. The van der Waals surface area contributed by atoms with Crippen LogP contribution < -0.4 is 0 Å². The van der Waals surface area contributed by atoms with Gasteiger partial charge in [0, 0.05) is 19.0 Å². The molecular weight excluding hydrogens is 257 g/mol. The van der Waals surface area contributed by atoms with Gasteiger partial charge in [-0.25, -0.2) is 4.39 Å². The number of likely N-dealkylation sites (tertiary alicyclic amines) is 1. The molecule has 1 N–H and O–H groups in total. The Labute approximate surface area is 119 Å². The van der Waals surface area contributed by atoms with Crippen LogP contribution in [0.4, 0.5) is 4.39 Å². The van der Waals surface area contributed by atoms with Gasteiger partial charge in [-0.15, -0.1) is 0 Å². The zero-order valence-electron chi connectivity index (χ0n) is 11.9. The van der Waals surface area contributed by atoms with Gasteiger partial charge in [0.1, 0.15) is 5.82 Å². The second-order valence-corrected chi connectivity index (χ2v) is 5.67. The van der Waals surface area contributed by atoms with Crippen LogP contribution in [-0.2, 0) is 4.79 Å². The molecule has 2 unspecified atom stereocenters. The minimum atomic E-state index is -0.722. The van der Waals surface area contributed by atoms with Crippen LogP contribution in [0.5, 0.6) is 0 Å². The molecule has 1 aromatic carbocycles. The molecule has 3 nitrogen and oxygen atoms in total. The molecule has 1 fully saturated rings. The van der Waals surface area contributed by atoms with Gasteiger partial charge in [-0.1, -0.05) is 12.1 Å². The van der Waals surface area contributed by atoms with Gasteiger partial charge in [0.15, 0.2) is 0 Å². The summed E-state index contributed by atoms with van der Waals surface area (Å²) in [4.78, 5) is 13.0. The fraction of sp³-hybridized carbons (Fsp3) is 0.562. The summed E-state index contributed by atoms with van der Waals surface area (Å²) in [7, 11) is 0. The molecule has 0 aliphatic carbocycles. The van der Waals surface area contributed by atoms with Gasteiger partial charge in [0.25, 0.3) is 0 Å². The maximum atomic E-state index is 13.3. The van der Waals surface area contributed by atoms with E-state index in [4.69, 9.17) is 5.11 Å². The van der Waals surface area contributed by atoms with Crippen LogP contribution in [0.3, 0.4) is 0 Å². The Morgan fingerprint density at radius 2 is 2.35 bits per heavy atom. The lowest BCUT2D eigenvalue weighted by Crippen LogP contribution is -2.37. The van der Waals surface area contributed by atoms with Crippen LogP contribution in [0.1, 0.15) is 44.2 Å². The van der Waals surface area contributed by atoms with E-state index in [1.54, 1.807) is 12.1 Å². The number of halogens is 1. The van der Waals surface area contributed by atoms with Gasteiger partial charge in [-0.05, 0) is 56.3 Å². The first-order chi connectivity index (χ1) is 9.56. The van der Waals surface area contributed by atoms with Gasteiger partial charge in [-0.2, -0.15) is 0 Å². The molecule has 1 aliphatic rings. The SMILES string of the molecule is CC(c1cccc(F)c1)N1CCCC(CCC(=O)O)C1. The zero-order valence-corrected chi connectivity index (χ0v) is 11.9. The van der Waals surface area contributed by atoms with Gasteiger partial charge in [0.05, 0.1) is 0 Å². The number of hydrogen-bond donors (Lipinski definition) is 1. The summed E-state index contributed by atoms with van der Waals surface area (Å²) < 4.78 is 13.3. The Hall–Kier alpha value is -1.42. The molecule has 0 radical (unpaired) electrons. The predicted molar refractivity (Wildman–Crippen MR) is 76.0 cm³/mol. The Bertz CT molecular complexity index is 464. The summed E-state index contributed by atoms with van der Waals surface area (Å²) in [6.45, 7) is 4.00. The van der Waals surface area contributed by atoms with E-state index < -0.39 is 5.97 Å². The van der Waals surface area contributed by atoms with Crippen molar-refractivity contribution in [2.75, 3.05) is 13.1 Å². The van der Waals surface area contributed by atoms with Crippen molar-refractivity contribution < 1.29 is 14.3 Å². The summed E-state index contributed by atoms with van der Waals surface area (Å²) in [5.41, 5.74) is 0.990. The van der Waals surface area contributed by atoms with Gasteiger partial charge < -0.3 is 5.11 Å². The smallest absolute Gasteiger partial charge is 0.303 e. The van der Waals surface area contributed by atoms with Crippen LogP contribution in [0, 0.1) is 11.7 Å². The highest BCUT2D eigenvalue weighted by Crippen LogP contribution is 2.28. The number of carboxylic acid groups (broad SMARTS) is 1. The molecule has 1 aliphatic heterocycles. The van der Waals surface area contributed by atoms with Crippen molar-refractivity contribution in [3.63, 3.8) is 0 Å². The maximum absolute atomic E-state index is 13.3. The van der Waals surface area contributed by atoms with Crippen LogP contribution in [0.2, 0.25) is 0 Å². The normalized spacial score (nSPS) is 21.6. The molecule has 0 spiro atoms. The summed E-state index contributed by atoms with van der Waals surface area (Å²) in [6.07, 6.45) is 3.16. The fourth-order valence-electron chi connectivity index (χ4n) is 2.99. The van der Waals surface area contributed by atoms with Crippen LogP contribution in [-0.4, -0.2) is 29.1 Å². The summed E-state index contributed by atoms with van der Waals surface area (Å²) in [6, 6.07) is 6.92. The maximum Gasteiger partial charge on any atom is 0.303 e. The van der Waals surface area contributed by atoms with Crippen LogP contribution >= 0.6 is 0 Å². The van der Waals surface area contributed by atoms with Crippen molar-refractivity contribution in [3.8, 4) is 0 Å². The number of carbonyl (C=O) groups is 1.